The number of hydrogen-bond acceptors (Lipinski definition) is 8. The van der Waals surface area contributed by atoms with Crippen molar-refractivity contribution in [2.75, 3.05) is 45.3 Å². The van der Waals surface area contributed by atoms with E-state index in [1.54, 1.807) is 7.11 Å². The lowest BCUT2D eigenvalue weighted by Gasteiger charge is -2.38. The van der Waals surface area contributed by atoms with Crippen molar-refractivity contribution < 1.29 is 19.0 Å². The average Bonchev–Trinajstić information content (AvgIpc) is 2.97. The van der Waals surface area contributed by atoms with Crippen LogP contribution < -0.4 is 10.6 Å². The van der Waals surface area contributed by atoms with Gasteiger partial charge in [-0.2, -0.15) is 0 Å². The summed E-state index contributed by atoms with van der Waals surface area (Å²) in [6.45, 7) is 7.63. The molecule has 0 saturated carbocycles. The molecule has 4 heterocycles. The predicted octanol–water partition coefficient (Wildman–Crippen LogP) is 3.80. The lowest BCUT2D eigenvalue weighted by atomic mass is 9.91. The van der Waals surface area contributed by atoms with Crippen LogP contribution in [0.2, 0.25) is 0 Å². The van der Waals surface area contributed by atoms with Gasteiger partial charge < -0.3 is 29.7 Å². The minimum Gasteiger partial charge on any atom is -0.379 e. The highest BCUT2D eigenvalue weighted by Gasteiger charge is 2.31. The fourth-order valence-electron chi connectivity index (χ4n) is 6.24. The van der Waals surface area contributed by atoms with E-state index in [9.17, 15) is 4.79 Å². The number of methoxy groups -OCH3 is 1. The second-order valence-corrected chi connectivity index (χ2v) is 11.5. The molecule has 9 heteroatoms. The number of carbonyl (C=O) groups is 1. The van der Waals surface area contributed by atoms with Crippen LogP contribution in [0.4, 0.5) is 5.82 Å². The molecular formula is C30H45N5O4. The molecule has 3 aliphatic heterocycles. The van der Waals surface area contributed by atoms with Crippen molar-refractivity contribution in [3.8, 4) is 0 Å². The number of anilines is 1. The number of ether oxygens (including phenoxy) is 3. The third-order valence-electron chi connectivity index (χ3n) is 8.78. The highest BCUT2D eigenvalue weighted by molar-refractivity contribution is 5.94. The molecule has 0 bridgehead atoms. The van der Waals surface area contributed by atoms with Crippen LogP contribution in [0.25, 0.3) is 0 Å². The zero-order valence-electron chi connectivity index (χ0n) is 23.8. The molecule has 9 nitrogen and oxygen atoms in total. The Morgan fingerprint density at radius 1 is 1.10 bits per heavy atom. The Hall–Kier alpha value is -2.33. The number of rotatable bonds is 8. The minimum absolute atomic E-state index is 0.0150. The number of nitrogens with one attached hydrogen (secondary N) is 2. The van der Waals surface area contributed by atoms with Crippen LogP contribution in [-0.2, 0) is 14.2 Å². The SMILES string of the molecule is CO[C@@H]1COCC[C@@H]1NC1CCN(C(=O)c2ncnc(NC[C@H]3CCC[C@@H](C4=CC=C(C)CC4)O3)c2C)CC1. The van der Waals surface area contributed by atoms with Crippen molar-refractivity contribution in [2.24, 2.45) is 0 Å². The van der Waals surface area contributed by atoms with Gasteiger partial charge in [0, 0.05) is 51.0 Å². The van der Waals surface area contributed by atoms with Crippen LogP contribution in [0.15, 0.2) is 29.6 Å². The van der Waals surface area contributed by atoms with E-state index in [2.05, 4.69) is 39.7 Å². The number of piperidine rings is 1. The molecular weight excluding hydrogens is 494 g/mol. The fourth-order valence-corrected chi connectivity index (χ4v) is 6.24. The summed E-state index contributed by atoms with van der Waals surface area (Å²) < 4.78 is 17.6. The number of likely N-dealkylation sites (tertiary alicyclic amines) is 1. The van der Waals surface area contributed by atoms with Gasteiger partial charge in [-0.05, 0) is 70.8 Å². The molecule has 0 unspecified atom stereocenters. The zero-order valence-corrected chi connectivity index (χ0v) is 23.8. The number of carbonyl (C=O) groups excluding carboxylic acids is 1. The van der Waals surface area contributed by atoms with Crippen molar-refractivity contribution in [1.82, 2.24) is 20.2 Å². The Balaban J connectivity index is 1.13. The second-order valence-electron chi connectivity index (χ2n) is 11.5. The van der Waals surface area contributed by atoms with Crippen molar-refractivity contribution in [3.63, 3.8) is 0 Å². The molecule has 4 atom stereocenters. The Labute approximate surface area is 232 Å². The largest absolute Gasteiger partial charge is 0.379 e. The van der Waals surface area contributed by atoms with Gasteiger partial charge in [0.15, 0.2) is 0 Å². The summed E-state index contributed by atoms with van der Waals surface area (Å²) in [6, 6.07) is 0.680. The van der Waals surface area contributed by atoms with Crippen molar-refractivity contribution in [2.45, 2.75) is 95.6 Å². The first-order valence-corrected chi connectivity index (χ1v) is 14.7. The fraction of sp³-hybridized carbons (Fsp3) is 0.700. The first kappa shape index (κ1) is 28.2. The van der Waals surface area contributed by atoms with Crippen LogP contribution in [0, 0.1) is 6.92 Å². The third-order valence-corrected chi connectivity index (χ3v) is 8.78. The van der Waals surface area contributed by atoms with Gasteiger partial charge in [-0.3, -0.25) is 4.79 Å². The van der Waals surface area contributed by atoms with Gasteiger partial charge in [-0.1, -0.05) is 17.7 Å². The van der Waals surface area contributed by atoms with Crippen molar-refractivity contribution in [3.05, 3.63) is 40.9 Å². The Kier molecular flexibility index (Phi) is 9.66. The van der Waals surface area contributed by atoms with E-state index >= 15 is 0 Å². The van der Waals surface area contributed by atoms with E-state index in [4.69, 9.17) is 14.2 Å². The molecule has 5 rings (SSSR count). The first-order chi connectivity index (χ1) is 19.0. The van der Waals surface area contributed by atoms with E-state index < -0.39 is 0 Å². The zero-order chi connectivity index (χ0) is 27.2. The van der Waals surface area contributed by atoms with Crippen LogP contribution in [0.5, 0.6) is 0 Å². The number of aromatic nitrogens is 2. The summed E-state index contributed by atoms with van der Waals surface area (Å²) >= 11 is 0. The van der Waals surface area contributed by atoms with Crippen molar-refractivity contribution >= 4 is 11.7 Å². The topological polar surface area (TPSA) is 97.8 Å². The van der Waals surface area contributed by atoms with Crippen LogP contribution >= 0.6 is 0 Å². The van der Waals surface area contributed by atoms with Gasteiger partial charge in [-0.25, -0.2) is 9.97 Å². The normalized spacial score (nSPS) is 28.5. The Morgan fingerprint density at radius 2 is 1.95 bits per heavy atom. The number of nitrogens with zero attached hydrogens (tertiary/aromatic N) is 3. The van der Waals surface area contributed by atoms with Gasteiger partial charge in [0.05, 0.1) is 24.9 Å². The lowest BCUT2D eigenvalue weighted by molar-refractivity contribution is -0.0533. The summed E-state index contributed by atoms with van der Waals surface area (Å²) in [5, 5.41) is 7.22. The predicted molar refractivity (Wildman–Crippen MR) is 151 cm³/mol. The molecule has 2 N–H and O–H groups in total. The molecule has 3 saturated heterocycles. The van der Waals surface area contributed by atoms with Crippen LogP contribution in [0.1, 0.15) is 74.3 Å². The molecule has 0 radical (unpaired) electrons. The van der Waals surface area contributed by atoms with Crippen LogP contribution in [-0.4, -0.2) is 91.1 Å². The van der Waals surface area contributed by atoms with Crippen molar-refractivity contribution in [1.29, 1.82) is 0 Å². The molecule has 1 aliphatic carbocycles. The maximum atomic E-state index is 13.4. The van der Waals surface area contributed by atoms with Crippen LogP contribution in [0.3, 0.4) is 0 Å². The molecule has 0 aromatic carbocycles. The summed E-state index contributed by atoms with van der Waals surface area (Å²) in [6.07, 6.45) is 14.7. The molecule has 1 aromatic rings. The highest BCUT2D eigenvalue weighted by Crippen LogP contribution is 2.30. The molecule has 0 spiro atoms. The van der Waals surface area contributed by atoms with Gasteiger partial charge in [0.1, 0.15) is 17.8 Å². The highest BCUT2D eigenvalue weighted by atomic mass is 16.5. The molecule has 39 heavy (non-hydrogen) atoms. The third kappa shape index (κ3) is 7.06. The standard InChI is InChI=1S/C30H45N5O4/c1-20-7-9-22(10-8-20)26-6-4-5-24(39-26)17-31-29-21(2)28(32-19-33-29)30(36)35-14-11-23(12-15-35)34-25-13-16-38-18-27(25)37-3/h7,9,19,23-27,34H,4-6,8,10-18H2,1-3H3,(H,31,32,33)/t24-,25+,26+,27-/m1/s1. The first-order valence-electron chi connectivity index (χ1n) is 14.7. The monoisotopic (exact) mass is 539 g/mol. The summed E-state index contributed by atoms with van der Waals surface area (Å²) in [7, 11) is 1.75. The second kappa shape index (κ2) is 13.4. The van der Waals surface area contributed by atoms with E-state index in [1.807, 2.05) is 11.8 Å². The maximum absolute atomic E-state index is 13.4. The molecule has 1 aromatic heterocycles. The quantitative estimate of drug-likeness (QED) is 0.515. The van der Waals surface area contributed by atoms with E-state index in [0.717, 1.165) is 69.4 Å². The smallest absolute Gasteiger partial charge is 0.272 e. The van der Waals surface area contributed by atoms with E-state index in [1.165, 1.54) is 17.5 Å². The number of hydrogen-bond donors (Lipinski definition) is 2. The molecule has 4 aliphatic rings. The summed E-state index contributed by atoms with van der Waals surface area (Å²) in [5.74, 6) is 0.704. The van der Waals surface area contributed by atoms with E-state index in [0.29, 0.717) is 44.0 Å². The molecule has 1 amide bonds. The van der Waals surface area contributed by atoms with Gasteiger partial charge in [0.2, 0.25) is 0 Å². The van der Waals surface area contributed by atoms with Gasteiger partial charge in [0.25, 0.3) is 5.91 Å². The minimum atomic E-state index is -0.0150. The van der Waals surface area contributed by atoms with E-state index in [-0.39, 0.29) is 24.2 Å². The van der Waals surface area contributed by atoms with Gasteiger partial charge in [-0.15, -0.1) is 0 Å². The van der Waals surface area contributed by atoms with Gasteiger partial charge >= 0.3 is 0 Å². The average molecular weight is 540 g/mol. The number of amides is 1. The lowest BCUT2D eigenvalue weighted by Crippen LogP contribution is -2.54. The Morgan fingerprint density at radius 3 is 2.72 bits per heavy atom. The number of allylic oxidation sites excluding steroid dienone is 3. The summed E-state index contributed by atoms with van der Waals surface area (Å²) in [4.78, 5) is 24.2. The molecule has 214 valence electrons. The Bertz CT molecular complexity index is 1050. The maximum Gasteiger partial charge on any atom is 0.272 e. The molecule has 3 fully saturated rings. The summed E-state index contributed by atoms with van der Waals surface area (Å²) in [5.41, 5.74) is 4.14.